The minimum absolute atomic E-state index is 0.0699. The van der Waals surface area contributed by atoms with Crippen molar-refractivity contribution in [3.8, 4) is 0 Å². The maximum Gasteiger partial charge on any atom is 0.184 e. The van der Waals surface area contributed by atoms with Crippen molar-refractivity contribution < 1.29 is 0 Å². The number of nitroso groups, excluding NO2 is 1. The van der Waals surface area contributed by atoms with Gasteiger partial charge in [0.05, 0.1) is 11.9 Å². The smallest absolute Gasteiger partial charge is 0.184 e. The highest BCUT2D eigenvalue weighted by molar-refractivity contribution is 7.80. The monoisotopic (exact) mass is 361 g/mol. The molecule has 4 N–H and O–H groups in total. The van der Waals surface area contributed by atoms with E-state index in [4.69, 9.17) is 17.3 Å². The Morgan fingerprint density at radius 3 is 2.67 bits per heavy atom. The van der Waals surface area contributed by atoms with Crippen LogP contribution in [0.4, 0.5) is 11.4 Å². The van der Waals surface area contributed by atoms with Crippen molar-refractivity contribution in [3.63, 3.8) is 0 Å². The van der Waals surface area contributed by atoms with Gasteiger partial charge in [0.2, 0.25) is 0 Å². The molecule has 0 saturated carbocycles. The molecule has 0 fully saturated rings. The van der Waals surface area contributed by atoms with E-state index in [2.05, 4.69) is 33.2 Å². The zero-order valence-corrected chi connectivity index (χ0v) is 14.3. The third-order valence-corrected chi connectivity index (χ3v) is 3.49. The quantitative estimate of drug-likeness (QED) is 0.303. The van der Waals surface area contributed by atoms with Gasteiger partial charge in [-0.25, -0.2) is 0 Å². The summed E-state index contributed by atoms with van der Waals surface area (Å²) in [5, 5.41) is 10.9. The summed E-state index contributed by atoms with van der Waals surface area (Å²) < 4.78 is 0. The number of nitrogens with two attached hydrogens (primary N) is 1. The van der Waals surface area contributed by atoms with Crippen LogP contribution < -0.4 is 16.5 Å². The van der Waals surface area contributed by atoms with E-state index in [1.807, 2.05) is 30.3 Å². The van der Waals surface area contributed by atoms with Gasteiger partial charge in [0, 0.05) is 11.6 Å². The molecule has 2 aromatic carbocycles. The van der Waals surface area contributed by atoms with Crippen molar-refractivity contribution in [2.45, 2.75) is 6.42 Å². The number of nitrogens with one attached hydrogen (secondary N) is 2. The lowest BCUT2D eigenvalue weighted by molar-refractivity contribution is 1.02. The Labute approximate surface area is 150 Å². The molecule has 0 aromatic heterocycles. The molecule has 2 aromatic rings. The van der Waals surface area contributed by atoms with E-state index in [-0.39, 0.29) is 5.11 Å². The van der Waals surface area contributed by atoms with Gasteiger partial charge in [0.1, 0.15) is 5.69 Å². The summed E-state index contributed by atoms with van der Waals surface area (Å²) in [6.07, 6.45) is 2.31. The largest absolute Gasteiger partial charge is 0.383 e. The maximum atomic E-state index is 11.0. The molecule has 8 heteroatoms. The maximum absolute atomic E-state index is 11.0. The Bertz CT molecular complexity index is 749. The van der Waals surface area contributed by atoms with Crippen LogP contribution in [0.25, 0.3) is 0 Å². The van der Waals surface area contributed by atoms with E-state index in [1.54, 1.807) is 12.1 Å². The van der Waals surface area contributed by atoms with Crippen molar-refractivity contribution in [2.75, 3.05) is 11.9 Å². The van der Waals surface area contributed by atoms with Crippen LogP contribution in [0.15, 0.2) is 52.7 Å². The summed E-state index contributed by atoms with van der Waals surface area (Å²) in [7, 11) is 0. The second-order valence-electron chi connectivity index (χ2n) is 4.91. The third-order valence-electron chi connectivity index (χ3n) is 3.15. The fourth-order valence-electron chi connectivity index (χ4n) is 2.02. The summed E-state index contributed by atoms with van der Waals surface area (Å²) in [6, 6.07) is 12.9. The van der Waals surface area contributed by atoms with Gasteiger partial charge in [-0.1, -0.05) is 29.8 Å². The summed E-state index contributed by atoms with van der Waals surface area (Å²) in [5.74, 6) is 0. The van der Waals surface area contributed by atoms with Crippen LogP contribution in [0.2, 0.25) is 5.02 Å². The van der Waals surface area contributed by atoms with Crippen LogP contribution in [-0.2, 0) is 6.42 Å². The van der Waals surface area contributed by atoms with E-state index in [0.717, 1.165) is 12.0 Å². The first kappa shape index (κ1) is 17.8. The van der Waals surface area contributed by atoms with E-state index >= 15 is 0 Å². The van der Waals surface area contributed by atoms with Gasteiger partial charge < -0.3 is 11.1 Å². The van der Waals surface area contributed by atoms with Gasteiger partial charge in [-0.05, 0) is 59.2 Å². The van der Waals surface area contributed by atoms with Crippen molar-refractivity contribution in [3.05, 3.63) is 63.5 Å². The molecule has 6 nitrogen and oxygen atoms in total. The molecule has 0 atom stereocenters. The number of halogens is 1. The number of hydrogen-bond acceptors (Lipinski definition) is 5. The predicted octanol–water partition coefficient (Wildman–Crippen LogP) is 3.56. The number of thiocarbonyl (C=S) groups is 1. The number of rotatable bonds is 7. The summed E-state index contributed by atoms with van der Waals surface area (Å²) in [4.78, 5) is 11.0. The molecular formula is C16H16ClN5OS. The zero-order chi connectivity index (χ0) is 17.4. The second-order valence-corrected chi connectivity index (χ2v) is 5.78. The molecule has 0 heterocycles. The van der Waals surface area contributed by atoms with Crippen molar-refractivity contribution in [2.24, 2.45) is 16.0 Å². The Kier molecular flexibility index (Phi) is 6.65. The van der Waals surface area contributed by atoms with Crippen molar-refractivity contribution >= 4 is 46.5 Å². The fraction of sp³-hybridized carbons (Fsp3) is 0.125. The molecule has 0 aliphatic heterocycles. The minimum atomic E-state index is 0.0699. The molecule has 2 rings (SSSR count). The first-order valence-electron chi connectivity index (χ1n) is 7.12. The zero-order valence-electron chi connectivity index (χ0n) is 12.7. The predicted molar refractivity (Wildman–Crippen MR) is 103 cm³/mol. The van der Waals surface area contributed by atoms with E-state index in [0.29, 0.717) is 28.5 Å². The average molecular weight is 362 g/mol. The lowest BCUT2D eigenvalue weighted by Gasteiger charge is -2.09. The van der Waals surface area contributed by atoms with Gasteiger partial charge in [-0.15, -0.1) is 4.91 Å². The molecule has 0 amide bonds. The molecule has 0 unspecified atom stereocenters. The van der Waals surface area contributed by atoms with Crippen LogP contribution in [0.3, 0.4) is 0 Å². The second kappa shape index (κ2) is 8.95. The number of anilines is 1. The fourth-order valence-corrected chi connectivity index (χ4v) is 2.20. The number of hydrazone groups is 1. The molecule has 0 spiro atoms. The van der Waals surface area contributed by atoms with E-state index in [9.17, 15) is 4.91 Å². The summed E-state index contributed by atoms with van der Waals surface area (Å²) >= 11 is 10.5. The molecule has 124 valence electrons. The highest BCUT2D eigenvalue weighted by atomic mass is 35.5. The molecular weight excluding hydrogens is 346 g/mol. The average Bonchev–Trinajstić information content (AvgIpc) is 2.57. The molecule has 24 heavy (non-hydrogen) atoms. The Morgan fingerprint density at radius 1 is 1.25 bits per heavy atom. The van der Waals surface area contributed by atoms with E-state index < -0.39 is 0 Å². The van der Waals surface area contributed by atoms with Crippen LogP contribution in [0.5, 0.6) is 0 Å². The molecule has 0 aliphatic carbocycles. The highest BCUT2D eigenvalue weighted by Crippen LogP contribution is 2.25. The number of nitrogens with zero attached hydrogens (tertiary/aromatic N) is 2. The van der Waals surface area contributed by atoms with Crippen molar-refractivity contribution in [1.29, 1.82) is 0 Å². The Balaban J connectivity index is 1.97. The SMILES string of the molecule is NC(=S)N/N=C/c1ccc(NCCc2ccc(Cl)cc2)c(N=O)c1. The molecule has 0 aliphatic rings. The minimum Gasteiger partial charge on any atom is -0.383 e. The van der Waals surface area contributed by atoms with E-state index in [1.165, 1.54) is 6.21 Å². The summed E-state index contributed by atoms with van der Waals surface area (Å²) in [5.41, 5.74) is 10.5. The number of hydrogen-bond donors (Lipinski definition) is 3. The standard InChI is InChI=1S/C16H16ClN5OS/c17-13-4-1-11(2-5-13)7-8-19-14-6-3-12(9-15(14)22-23)10-20-21-16(18)24/h1-6,9-10,19H,7-8H2,(H3,18,21,24)/b20-10+. The lowest BCUT2D eigenvalue weighted by atomic mass is 10.1. The van der Waals surface area contributed by atoms with Gasteiger partial charge in [0.25, 0.3) is 0 Å². The van der Waals surface area contributed by atoms with Gasteiger partial charge >= 0.3 is 0 Å². The van der Waals surface area contributed by atoms with Crippen LogP contribution in [0.1, 0.15) is 11.1 Å². The molecule has 0 saturated heterocycles. The topological polar surface area (TPSA) is 91.9 Å². The third kappa shape index (κ3) is 5.60. The van der Waals surface area contributed by atoms with Gasteiger partial charge in [0.15, 0.2) is 5.11 Å². The highest BCUT2D eigenvalue weighted by Gasteiger charge is 2.04. The van der Waals surface area contributed by atoms with Gasteiger partial charge in [-0.2, -0.15) is 5.10 Å². The van der Waals surface area contributed by atoms with Crippen LogP contribution >= 0.6 is 23.8 Å². The van der Waals surface area contributed by atoms with Crippen LogP contribution in [0, 0.1) is 4.91 Å². The van der Waals surface area contributed by atoms with Crippen molar-refractivity contribution in [1.82, 2.24) is 5.43 Å². The first-order chi connectivity index (χ1) is 11.6. The summed E-state index contributed by atoms with van der Waals surface area (Å²) in [6.45, 7) is 0.667. The lowest BCUT2D eigenvalue weighted by Crippen LogP contribution is -2.23. The molecule has 0 bridgehead atoms. The van der Waals surface area contributed by atoms with Gasteiger partial charge in [-0.3, -0.25) is 5.43 Å². The first-order valence-corrected chi connectivity index (χ1v) is 7.91. The Morgan fingerprint density at radius 2 is 2.00 bits per heavy atom. The molecule has 0 radical (unpaired) electrons. The van der Waals surface area contributed by atoms with Crippen LogP contribution in [-0.4, -0.2) is 17.9 Å². The Hall–Kier alpha value is -2.51. The normalized spacial score (nSPS) is 10.5. The number of benzene rings is 2.